The third kappa shape index (κ3) is 6.31. The lowest BCUT2D eigenvalue weighted by Crippen LogP contribution is -2.29. The SMILES string of the molecule is O=C(CCCN1C(=O)C(=CC=Cc2ccccc2)SC1=S)Nc1ccc(-c2ccccc2)cc1. The quantitative estimate of drug-likeness (QED) is 0.292. The summed E-state index contributed by atoms with van der Waals surface area (Å²) in [4.78, 5) is 27.2. The van der Waals surface area contributed by atoms with Crippen molar-refractivity contribution in [3.63, 3.8) is 0 Å². The molecule has 1 saturated heterocycles. The summed E-state index contributed by atoms with van der Waals surface area (Å²) in [5.41, 5.74) is 4.05. The third-order valence-electron chi connectivity index (χ3n) is 5.27. The minimum absolute atomic E-state index is 0.0840. The fourth-order valence-corrected chi connectivity index (χ4v) is 4.78. The molecular weight excluding hydrogens is 460 g/mol. The first-order valence-corrected chi connectivity index (χ1v) is 12.2. The molecular formula is C28H24N2O2S2. The molecule has 0 atom stereocenters. The van der Waals surface area contributed by atoms with Crippen LogP contribution >= 0.6 is 24.0 Å². The van der Waals surface area contributed by atoms with Crippen molar-refractivity contribution in [2.45, 2.75) is 12.8 Å². The lowest BCUT2D eigenvalue weighted by atomic mass is 10.1. The second kappa shape index (κ2) is 11.6. The van der Waals surface area contributed by atoms with Crippen molar-refractivity contribution >= 4 is 51.9 Å². The molecule has 2 amide bonds. The van der Waals surface area contributed by atoms with Gasteiger partial charge in [-0.15, -0.1) is 0 Å². The highest BCUT2D eigenvalue weighted by atomic mass is 32.2. The van der Waals surface area contributed by atoms with Gasteiger partial charge in [0.25, 0.3) is 5.91 Å². The number of nitrogens with one attached hydrogen (secondary N) is 1. The fourth-order valence-electron chi connectivity index (χ4n) is 3.52. The Hall–Kier alpha value is -3.48. The van der Waals surface area contributed by atoms with Gasteiger partial charge < -0.3 is 5.32 Å². The van der Waals surface area contributed by atoms with Crippen LogP contribution in [0.2, 0.25) is 0 Å². The van der Waals surface area contributed by atoms with Crippen LogP contribution in [-0.2, 0) is 9.59 Å². The minimum atomic E-state index is -0.107. The molecule has 1 fully saturated rings. The van der Waals surface area contributed by atoms with Gasteiger partial charge in [0.05, 0.1) is 4.91 Å². The van der Waals surface area contributed by atoms with Crippen LogP contribution in [0.3, 0.4) is 0 Å². The molecule has 4 rings (SSSR count). The highest BCUT2D eigenvalue weighted by molar-refractivity contribution is 8.26. The molecule has 0 saturated carbocycles. The topological polar surface area (TPSA) is 49.4 Å². The molecule has 6 heteroatoms. The van der Waals surface area contributed by atoms with Gasteiger partial charge in [0.15, 0.2) is 0 Å². The molecule has 3 aromatic carbocycles. The number of allylic oxidation sites excluding steroid dienone is 2. The van der Waals surface area contributed by atoms with Gasteiger partial charge in [-0.05, 0) is 41.3 Å². The summed E-state index contributed by atoms with van der Waals surface area (Å²) in [6.07, 6.45) is 6.44. The standard InChI is InChI=1S/C28H24N2O2S2/c31-26(29-24-18-16-23(17-19-24)22-12-5-2-6-13-22)15-8-20-30-27(32)25(34-28(30)33)14-7-11-21-9-3-1-4-10-21/h1-7,9-14,16-19H,8,15,20H2,(H,29,31). The minimum Gasteiger partial charge on any atom is -0.326 e. The Labute approximate surface area is 209 Å². The largest absolute Gasteiger partial charge is 0.326 e. The Kier molecular flexibility index (Phi) is 8.07. The van der Waals surface area contributed by atoms with Crippen LogP contribution in [0.5, 0.6) is 0 Å². The summed E-state index contributed by atoms with van der Waals surface area (Å²) in [6.45, 7) is 0.421. The second-order valence-electron chi connectivity index (χ2n) is 7.72. The number of benzene rings is 3. The van der Waals surface area contributed by atoms with Crippen molar-refractivity contribution in [2.75, 3.05) is 11.9 Å². The van der Waals surface area contributed by atoms with Gasteiger partial charge in [-0.1, -0.05) is 109 Å². The first-order valence-electron chi connectivity index (χ1n) is 11.0. The van der Waals surface area contributed by atoms with Crippen LogP contribution in [0.4, 0.5) is 5.69 Å². The van der Waals surface area contributed by atoms with E-state index >= 15 is 0 Å². The van der Waals surface area contributed by atoms with Gasteiger partial charge in [0.1, 0.15) is 4.32 Å². The Bertz CT molecular complexity index is 1220. The van der Waals surface area contributed by atoms with E-state index in [9.17, 15) is 9.59 Å². The van der Waals surface area contributed by atoms with Gasteiger partial charge in [0.2, 0.25) is 5.91 Å². The van der Waals surface area contributed by atoms with E-state index in [1.807, 2.05) is 84.9 Å². The maximum atomic E-state index is 12.7. The van der Waals surface area contributed by atoms with E-state index in [2.05, 4.69) is 17.4 Å². The van der Waals surface area contributed by atoms with Crippen LogP contribution in [0.1, 0.15) is 18.4 Å². The first kappa shape index (κ1) is 23.7. The van der Waals surface area contributed by atoms with Crippen LogP contribution in [0.15, 0.2) is 102 Å². The van der Waals surface area contributed by atoms with E-state index in [0.717, 1.165) is 22.4 Å². The smallest absolute Gasteiger partial charge is 0.266 e. The summed E-state index contributed by atoms with van der Waals surface area (Å²) in [6, 6.07) is 27.8. The number of nitrogens with zero attached hydrogens (tertiary/aromatic N) is 1. The molecule has 3 aromatic rings. The summed E-state index contributed by atoms with van der Waals surface area (Å²) >= 11 is 6.67. The predicted molar refractivity (Wildman–Crippen MR) is 145 cm³/mol. The summed E-state index contributed by atoms with van der Waals surface area (Å²) in [5, 5.41) is 2.92. The van der Waals surface area contributed by atoms with Crippen molar-refractivity contribution in [3.8, 4) is 11.1 Å². The van der Waals surface area contributed by atoms with E-state index in [1.165, 1.54) is 11.8 Å². The molecule has 0 aromatic heterocycles. The van der Waals surface area contributed by atoms with Crippen molar-refractivity contribution in [1.82, 2.24) is 4.90 Å². The summed E-state index contributed by atoms with van der Waals surface area (Å²) in [5.74, 6) is -0.191. The van der Waals surface area contributed by atoms with Gasteiger partial charge >= 0.3 is 0 Å². The van der Waals surface area contributed by atoms with Crippen molar-refractivity contribution in [2.24, 2.45) is 0 Å². The van der Waals surface area contributed by atoms with Crippen LogP contribution in [0.25, 0.3) is 17.2 Å². The van der Waals surface area contributed by atoms with E-state index in [4.69, 9.17) is 12.2 Å². The normalized spacial score (nSPS) is 14.8. The summed E-state index contributed by atoms with van der Waals surface area (Å²) < 4.78 is 0.529. The molecule has 4 nitrogen and oxygen atoms in total. The zero-order chi connectivity index (χ0) is 23.8. The zero-order valence-corrected chi connectivity index (χ0v) is 20.1. The third-order valence-corrected chi connectivity index (χ3v) is 6.67. The van der Waals surface area contributed by atoms with Crippen LogP contribution in [-0.4, -0.2) is 27.6 Å². The molecule has 1 aliphatic heterocycles. The Morgan fingerprint density at radius 2 is 1.56 bits per heavy atom. The molecule has 170 valence electrons. The molecule has 0 radical (unpaired) electrons. The van der Waals surface area contributed by atoms with E-state index in [-0.39, 0.29) is 11.8 Å². The lowest BCUT2D eigenvalue weighted by molar-refractivity contribution is -0.122. The Balaban J connectivity index is 1.24. The number of carbonyl (C=O) groups is 2. The van der Waals surface area contributed by atoms with Crippen molar-refractivity contribution in [3.05, 3.63) is 108 Å². The van der Waals surface area contributed by atoms with Gasteiger partial charge in [-0.25, -0.2) is 0 Å². The Morgan fingerprint density at radius 3 is 2.26 bits per heavy atom. The van der Waals surface area contributed by atoms with E-state index in [1.54, 1.807) is 11.0 Å². The van der Waals surface area contributed by atoms with E-state index in [0.29, 0.717) is 28.6 Å². The van der Waals surface area contributed by atoms with Gasteiger partial charge in [0, 0.05) is 18.7 Å². The fraction of sp³-hybridized carbons (Fsp3) is 0.107. The molecule has 0 aliphatic carbocycles. The Morgan fingerprint density at radius 1 is 0.912 bits per heavy atom. The van der Waals surface area contributed by atoms with Crippen molar-refractivity contribution < 1.29 is 9.59 Å². The van der Waals surface area contributed by atoms with E-state index < -0.39 is 0 Å². The van der Waals surface area contributed by atoms with Crippen molar-refractivity contribution in [1.29, 1.82) is 0 Å². The van der Waals surface area contributed by atoms with Crippen LogP contribution < -0.4 is 5.32 Å². The number of amides is 2. The number of rotatable bonds is 8. The number of thiocarbonyl (C=S) groups is 1. The molecule has 34 heavy (non-hydrogen) atoms. The number of hydrogen-bond acceptors (Lipinski definition) is 4. The van der Waals surface area contributed by atoms with Gasteiger partial charge in [-0.3, -0.25) is 14.5 Å². The lowest BCUT2D eigenvalue weighted by Gasteiger charge is -2.14. The second-order valence-corrected chi connectivity index (χ2v) is 9.40. The zero-order valence-electron chi connectivity index (χ0n) is 18.5. The predicted octanol–water partition coefficient (Wildman–Crippen LogP) is 6.53. The average Bonchev–Trinajstić information content (AvgIpc) is 3.13. The monoisotopic (exact) mass is 484 g/mol. The highest BCUT2D eigenvalue weighted by Gasteiger charge is 2.31. The molecule has 1 heterocycles. The molecule has 0 spiro atoms. The molecule has 0 bridgehead atoms. The van der Waals surface area contributed by atoms with Crippen LogP contribution in [0, 0.1) is 0 Å². The summed E-state index contributed by atoms with van der Waals surface area (Å²) in [7, 11) is 0. The molecule has 1 aliphatic rings. The number of hydrogen-bond donors (Lipinski definition) is 1. The number of thioether (sulfide) groups is 1. The maximum Gasteiger partial charge on any atom is 0.266 e. The molecule has 0 unspecified atom stereocenters. The maximum absolute atomic E-state index is 12.7. The average molecular weight is 485 g/mol. The number of carbonyl (C=O) groups excluding carboxylic acids is 2. The first-order chi connectivity index (χ1) is 16.6. The number of anilines is 1. The highest BCUT2D eigenvalue weighted by Crippen LogP contribution is 2.31. The molecule has 1 N–H and O–H groups in total. The van der Waals surface area contributed by atoms with Gasteiger partial charge in [-0.2, -0.15) is 0 Å².